The van der Waals surface area contributed by atoms with Gasteiger partial charge in [0.1, 0.15) is 11.3 Å². The summed E-state index contributed by atoms with van der Waals surface area (Å²) in [5.41, 5.74) is 0.584. The van der Waals surface area contributed by atoms with Gasteiger partial charge in [-0.15, -0.1) is 0 Å². The molecule has 0 spiro atoms. The van der Waals surface area contributed by atoms with Crippen LogP contribution in [0.2, 0.25) is 0 Å². The number of thiazole rings is 1. The lowest BCUT2D eigenvalue weighted by molar-refractivity contribution is 0.0746. The number of sulfonamides is 1. The molecule has 5 rings (SSSR count). The quantitative estimate of drug-likeness (QED) is 0.521. The molecule has 3 heterocycles. The zero-order valence-electron chi connectivity index (χ0n) is 19.3. The summed E-state index contributed by atoms with van der Waals surface area (Å²) in [6.07, 6.45) is 1.70. The summed E-state index contributed by atoms with van der Waals surface area (Å²) in [7, 11) is -3.56. The highest BCUT2D eigenvalue weighted by molar-refractivity contribution is 7.89. The minimum absolute atomic E-state index is 0.152. The number of nitrogens with zero attached hydrogens (tertiary/aromatic N) is 4. The SMILES string of the molecule is CC1CCN(S(=O)(=O)c2ccc(C(=O)N3CCN(c4nc5c(F)cc(F)cc5s4)CC3)cc2)CC1. The second kappa shape index (κ2) is 9.44. The van der Waals surface area contributed by atoms with Gasteiger partial charge >= 0.3 is 0 Å². The van der Waals surface area contributed by atoms with Gasteiger partial charge in [0.05, 0.1) is 9.60 Å². The number of rotatable bonds is 4. The van der Waals surface area contributed by atoms with E-state index in [0.717, 1.165) is 18.9 Å². The summed E-state index contributed by atoms with van der Waals surface area (Å²) in [4.78, 5) is 21.2. The van der Waals surface area contributed by atoms with E-state index in [0.29, 0.717) is 60.6 Å². The molecule has 2 aromatic carbocycles. The molecule has 0 radical (unpaired) electrons. The van der Waals surface area contributed by atoms with Crippen LogP contribution in [0.25, 0.3) is 10.2 Å². The first-order valence-corrected chi connectivity index (χ1v) is 13.9. The Kier molecular flexibility index (Phi) is 6.49. The van der Waals surface area contributed by atoms with Crippen LogP contribution in [0, 0.1) is 17.6 Å². The van der Waals surface area contributed by atoms with Crippen molar-refractivity contribution < 1.29 is 22.0 Å². The van der Waals surface area contributed by atoms with Gasteiger partial charge in [0.15, 0.2) is 10.9 Å². The van der Waals surface area contributed by atoms with Crippen LogP contribution in [-0.2, 0) is 10.0 Å². The third-order valence-electron chi connectivity index (χ3n) is 6.72. The van der Waals surface area contributed by atoms with E-state index >= 15 is 0 Å². The molecule has 7 nitrogen and oxygen atoms in total. The molecule has 2 aliphatic rings. The average Bonchev–Trinajstić information content (AvgIpc) is 3.28. The molecule has 2 aliphatic heterocycles. The zero-order chi connectivity index (χ0) is 24.7. The molecule has 0 atom stereocenters. The lowest BCUT2D eigenvalue weighted by Gasteiger charge is -2.34. The first kappa shape index (κ1) is 24.1. The Morgan fingerprint density at radius 3 is 2.31 bits per heavy atom. The highest BCUT2D eigenvalue weighted by Crippen LogP contribution is 2.32. The van der Waals surface area contributed by atoms with E-state index < -0.39 is 21.7 Å². The molecule has 186 valence electrons. The Labute approximate surface area is 207 Å². The van der Waals surface area contributed by atoms with Crippen LogP contribution in [0.5, 0.6) is 0 Å². The summed E-state index contributed by atoms with van der Waals surface area (Å²) in [6.45, 7) is 5.07. The van der Waals surface area contributed by atoms with Crippen molar-refractivity contribution in [3.8, 4) is 0 Å². The van der Waals surface area contributed by atoms with Gasteiger partial charge in [-0.3, -0.25) is 4.79 Å². The third kappa shape index (κ3) is 4.76. The number of aromatic nitrogens is 1. The van der Waals surface area contributed by atoms with Crippen LogP contribution in [0.3, 0.4) is 0 Å². The maximum Gasteiger partial charge on any atom is 0.253 e. The number of hydrogen-bond donors (Lipinski definition) is 0. The lowest BCUT2D eigenvalue weighted by Crippen LogP contribution is -2.48. The van der Waals surface area contributed by atoms with Crippen molar-refractivity contribution in [2.75, 3.05) is 44.2 Å². The summed E-state index contributed by atoms with van der Waals surface area (Å²) in [5, 5.41) is 0.596. The first-order chi connectivity index (χ1) is 16.7. The number of anilines is 1. The number of benzene rings is 2. The largest absolute Gasteiger partial charge is 0.345 e. The minimum atomic E-state index is -3.56. The topological polar surface area (TPSA) is 73.8 Å². The van der Waals surface area contributed by atoms with Crippen molar-refractivity contribution in [3.63, 3.8) is 0 Å². The maximum absolute atomic E-state index is 14.0. The van der Waals surface area contributed by atoms with Crippen molar-refractivity contribution in [2.45, 2.75) is 24.7 Å². The summed E-state index contributed by atoms with van der Waals surface area (Å²) >= 11 is 1.22. The van der Waals surface area contributed by atoms with Gasteiger partial charge in [-0.1, -0.05) is 18.3 Å². The van der Waals surface area contributed by atoms with E-state index in [1.807, 2.05) is 4.90 Å². The Bertz CT molecular complexity index is 1350. The molecule has 2 saturated heterocycles. The van der Waals surface area contributed by atoms with Gasteiger partial charge in [-0.25, -0.2) is 22.2 Å². The van der Waals surface area contributed by atoms with Crippen molar-refractivity contribution >= 4 is 42.6 Å². The number of hydrogen-bond acceptors (Lipinski definition) is 6. The number of carbonyl (C=O) groups excluding carboxylic acids is 1. The highest BCUT2D eigenvalue weighted by atomic mass is 32.2. The van der Waals surface area contributed by atoms with E-state index in [9.17, 15) is 22.0 Å². The fourth-order valence-electron chi connectivity index (χ4n) is 4.51. The zero-order valence-corrected chi connectivity index (χ0v) is 20.9. The second-order valence-corrected chi connectivity index (χ2v) is 12.1. The summed E-state index contributed by atoms with van der Waals surface area (Å²) < 4.78 is 55.3. The number of piperidine rings is 1. The molecule has 0 N–H and O–H groups in total. The second-order valence-electron chi connectivity index (χ2n) is 9.12. The fourth-order valence-corrected chi connectivity index (χ4v) is 7.03. The molecule has 0 bridgehead atoms. The number of halogens is 2. The average molecular weight is 521 g/mol. The fraction of sp³-hybridized carbons (Fsp3) is 0.417. The first-order valence-electron chi connectivity index (χ1n) is 11.6. The Hall–Kier alpha value is -2.63. The molecule has 2 fully saturated rings. The van der Waals surface area contributed by atoms with Gasteiger partial charge in [0.25, 0.3) is 5.91 Å². The monoisotopic (exact) mass is 520 g/mol. The van der Waals surface area contributed by atoms with E-state index in [4.69, 9.17) is 0 Å². The van der Waals surface area contributed by atoms with Crippen molar-refractivity contribution in [3.05, 3.63) is 53.6 Å². The van der Waals surface area contributed by atoms with Gasteiger partial charge in [-0.05, 0) is 49.1 Å². The molecule has 0 aliphatic carbocycles. The number of piperazine rings is 1. The van der Waals surface area contributed by atoms with Crippen molar-refractivity contribution in [1.82, 2.24) is 14.2 Å². The van der Waals surface area contributed by atoms with E-state index in [-0.39, 0.29) is 16.3 Å². The summed E-state index contributed by atoms with van der Waals surface area (Å²) in [6, 6.07) is 8.25. The van der Waals surface area contributed by atoms with E-state index in [2.05, 4.69) is 11.9 Å². The maximum atomic E-state index is 14.0. The Morgan fingerprint density at radius 2 is 1.66 bits per heavy atom. The normalized spacial score (nSPS) is 18.4. The van der Waals surface area contributed by atoms with Crippen LogP contribution in [0.15, 0.2) is 41.3 Å². The molecule has 1 amide bonds. The molecule has 0 unspecified atom stereocenters. The van der Waals surface area contributed by atoms with Crippen LogP contribution in [0.1, 0.15) is 30.1 Å². The number of fused-ring (bicyclic) bond motifs is 1. The third-order valence-corrected chi connectivity index (χ3v) is 9.70. The number of carbonyl (C=O) groups is 1. The molecule has 1 aromatic heterocycles. The van der Waals surface area contributed by atoms with Crippen molar-refractivity contribution in [1.29, 1.82) is 0 Å². The molecule has 3 aromatic rings. The van der Waals surface area contributed by atoms with Crippen LogP contribution in [-0.4, -0.2) is 67.8 Å². The van der Waals surface area contributed by atoms with Crippen molar-refractivity contribution in [2.24, 2.45) is 5.92 Å². The highest BCUT2D eigenvalue weighted by Gasteiger charge is 2.29. The Balaban J connectivity index is 1.23. The smallest absolute Gasteiger partial charge is 0.253 e. The number of amides is 1. The van der Waals surface area contributed by atoms with Gasteiger partial charge in [-0.2, -0.15) is 4.31 Å². The molecule has 0 saturated carbocycles. The lowest BCUT2D eigenvalue weighted by atomic mass is 10.0. The van der Waals surface area contributed by atoms with Gasteiger partial charge in [0.2, 0.25) is 10.0 Å². The molecular weight excluding hydrogens is 494 g/mol. The minimum Gasteiger partial charge on any atom is -0.345 e. The molecule has 11 heteroatoms. The summed E-state index contributed by atoms with van der Waals surface area (Å²) in [5.74, 6) is -0.958. The Morgan fingerprint density at radius 1 is 1.00 bits per heavy atom. The van der Waals surface area contributed by atoms with Crippen LogP contribution < -0.4 is 4.90 Å². The predicted molar refractivity (Wildman–Crippen MR) is 131 cm³/mol. The van der Waals surface area contributed by atoms with Crippen LogP contribution >= 0.6 is 11.3 Å². The van der Waals surface area contributed by atoms with E-state index in [1.165, 1.54) is 33.8 Å². The van der Waals surface area contributed by atoms with Gasteiger partial charge < -0.3 is 9.80 Å². The van der Waals surface area contributed by atoms with Crippen LogP contribution in [0.4, 0.5) is 13.9 Å². The van der Waals surface area contributed by atoms with E-state index in [1.54, 1.807) is 17.0 Å². The standard InChI is InChI=1S/C24H26F2N4O3S2/c1-16-6-8-30(9-7-16)35(32,33)19-4-2-17(3-5-19)23(31)28-10-12-29(13-11-28)24-27-22-20(26)14-18(25)15-21(22)34-24/h2-5,14-16H,6-13H2,1H3. The van der Waals surface area contributed by atoms with Gasteiger partial charge in [0, 0.05) is 50.9 Å². The molecular formula is C24H26F2N4O3S2. The predicted octanol–water partition coefficient (Wildman–Crippen LogP) is 3.96. The molecule has 35 heavy (non-hydrogen) atoms.